The summed E-state index contributed by atoms with van der Waals surface area (Å²) in [6, 6.07) is 15.5. The summed E-state index contributed by atoms with van der Waals surface area (Å²) in [5, 5.41) is 14.6. The highest BCUT2D eigenvalue weighted by Crippen LogP contribution is 2.27. The number of aryl methyl sites for hydroxylation is 1. The minimum Gasteiger partial charge on any atom is -0.483 e. The molecular weight excluding hydrogens is 574 g/mol. The molecule has 0 aliphatic carbocycles. The number of halogens is 2. The minimum absolute atomic E-state index is 0.122. The summed E-state index contributed by atoms with van der Waals surface area (Å²) < 4.78 is 12.0. The molecule has 0 aliphatic rings. The van der Waals surface area contributed by atoms with Crippen molar-refractivity contribution in [2.75, 3.05) is 6.61 Å². The van der Waals surface area contributed by atoms with Gasteiger partial charge in [0.15, 0.2) is 6.61 Å². The van der Waals surface area contributed by atoms with Crippen molar-refractivity contribution in [2.24, 2.45) is 5.10 Å². The standard InChI is InChI=1S/C23H17Br2N3O6/c1-14-2-8-20(18(24)10-14)33-13-22(29)27-26-12-15-3-9-21(19(25)11-15)34-23(30)16-4-6-17(7-5-16)28(31)32/h2-12H,13H2,1H3,(H,27,29)/b26-12+. The molecule has 11 heteroatoms. The van der Waals surface area contributed by atoms with E-state index in [0.717, 1.165) is 10.0 Å². The van der Waals surface area contributed by atoms with E-state index in [1.807, 2.05) is 19.1 Å². The lowest BCUT2D eigenvalue weighted by atomic mass is 10.2. The number of esters is 1. The van der Waals surface area contributed by atoms with Crippen LogP contribution < -0.4 is 14.9 Å². The molecule has 9 nitrogen and oxygen atoms in total. The van der Waals surface area contributed by atoms with Crippen LogP contribution in [0.2, 0.25) is 0 Å². The first kappa shape index (κ1) is 25.1. The molecule has 3 rings (SSSR count). The Labute approximate surface area is 211 Å². The zero-order valence-electron chi connectivity index (χ0n) is 17.7. The molecule has 1 amide bonds. The number of hydrogen-bond acceptors (Lipinski definition) is 7. The van der Waals surface area contributed by atoms with Crippen LogP contribution in [-0.2, 0) is 4.79 Å². The van der Waals surface area contributed by atoms with Crippen LogP contribution in [0.25, 0.3) is 0 Å². The first-order chi connectivity index (χ1) is 16.2. The van der Waals surface area contributed by atoms with Gasteiger partial charge in [-0.05, 0) is 92.4 Å². The van der Waals surface area contributed by atoms with Gasteiger partial charge < -0.3 is 9.47 Å². The number of ether oxygens (including phenoxy) is 2. The third-order valence-electron chi connectivity index (χ3n) is 4.32. The van der Waals surface area contributed by atoms with Crippen molar-refractivity contribution in [2.45, 2.75) is 6.92 Å². The summed E-state index contributed by atoms with van der Waals surface area (Å²) in [6.07, 6.45) is 1.42. The van der Waals surface area contributed by atoms with E-state index in [0.29, 0.717) is 15.8 Å². The number of amides is 1. The lowest BCUT2D eigenvalue weighted by Crippen LogP contribution is -2.24. The Hall–Kier alpha value is -3.57. The predicted octanol–water partition coefficient (Wildman–Crippen LogP) is 5.18. The zero-order chi connectivity index (χ0) is 24.7. The average molecular weight is 591 g/mol. The van der Waals surface area contributed by atoms with Gasteiger partial charge in [0.05, 0.1) is 25.6 Å². The van der Waals surface area contributed by atoms with Crippen LogP contribution in [0.1, 0.15) is 21.5 Å². The molecule has 34 heavy (non-hydrogen) atoms. The van der Waals surface area contributed by atoms with Gasteiger partial charge in [-0.15, -0.1) is 0 Å². The molecule has 0 bridgehead atoms. The Bertz CT molecular complexity index is 1260. The van der Waals surface area contributed by atoms with E-state index in [1.54, 1.807) is 24.3 Å². The average Bonchev–Trinajstić information content (AvgIpc) is 2.80. The topological polar surface area (TPSA) is 120 Å². The Morgan fingerprint density at radius 2 is 1.71 bits per heavy atom. The molecule has 0 atom stereocenters. The number of nitrogens with one attached hydrogen (secondary N) is 1. The van der Waals surface area contributed by atoms with Gasteiger partial charge in [0.25, 0.3) is 11.6 Å². The quantitative estimate of drug-likeness (QED) is 0.127. The van der Waals surface area contributed by atoms with Crippen molar-refractivity contribution >= 4 is 55.6 Å². The lowest BCUT2D eigenvalue weighted by molar-refractivity contribution is -0.384. The maximum Gasteiger partial charge on any atom is 0.343 e. The number of carbonyl (C=O) groups excluding carboxylic acids is 2. The predicted molar refractivity (Wildman–Crippen MR) is 132 cm³/mol. The molecule has 174 valence electrons. The largest absolute Gasteiger partial charge is 0.483 e. The lowest BCUT2D eigenvalue weighted by Gasteiger charge is -2.08. The molecule has 0 saturated heterocycles. The SMILES string of the molecule is Cc1ccc(OCC(=O)N/N=C/c2ccc(OC(=O)c3ccc([N+](=O)[O-])cc3)c(Br)c2)c(Br)c1. The van der Waals surface area contributed by atoms with Gasteiger partial charge in [-0.2, -0.15) is 5.10 Å². The number of nitrogens with zero attached hydrogens (tertiary/aromatic N) is 2. The van der Waals surface area contributed by atoms with Gasteiger partial charge in [0.1, 0.15) is 11.5 Å². The van der Waals surface area contributed by atoms with Crippen molar-refractivity contribution in [1.29, 1.82) is 0 Å². The van der Waals surface area contributed by atoms with Crippen LogP contribution in [0.15, 0.2) is 74.7 Å². The van der Waals surface area contributed by atoms with E-state index >= 15 is 0 Å². The number of rotatable bonds is 8. The van der Waals surface area contributed by atoms with Gasteiger partial charge >= 0.3 is 5.97 Å². The molecule has 0 unspecified atom stereocenters. The normalized spacial score (nSPS) is 10.7. The fraction of sp³-hybridized carbons (Fsp3) is 0.0870. The van der Waals surface area contributed by atoms with Crippen LogP contribution in [-0.4, -0.2) is 29.6 Å². The molecule has 0 heterocycles. The second kappa shape index (κ2) is 11.5. The van der Waals surface area contributed by atoms with Gasteiger partial charge in [-0.1, -0.05) is 6.07 Å². The first-order valence-electron chi connectivity index (χ1n) is 9.70. The molecule has 1 N–H and O–H groups in total. The Kier molecular flexibility index (Phi) is 8.50. The third kappa shape index (κ3) is 6.96. The number of benzene rings is 3. The zero-order valence-corrected chi connectivity index (χ0v) is 20.8. The Morgan fingerprint density at radius 1 is 1.03 bits per heavy atom. The fourth-order valence-corrected chi connectivity index (χ4v) is 3.72. The molecule has 0 aliphatic heterocycles. The van der Waals surface area contributed by atoms with Crippen molar-refractivity contribution in [1.82, 2.24) is 5.43 Å². The third-order valence-corrected chi connectivity index (χ3v) is 5.56. The van der Waals surface area contributed by atoms with E-state index < -0.39 is 16.8 Å². The van der Waals surface area contributed by atoms with Gasteiger partial charge in [-0.3, -0.25) is 14.9 Å². The summed E-state index contributed by atoms with van der Waals surface area (Å²) in [6.45, 7) is 1.74. The second-order valence-corrected chi connectivity index (χ2v) is 8.61. The summed E-state index contributed by atoms with van der Waals surface area (Å²) in [4.78, 5) is 34.4. The highest BCUT2D eigenvalue weighted by atomic mass is 79.9. The fourth-order valence-electron chi connectivity index (χ4n) is 2.64. The minimum atomic E-state index is -0.663. The van der Waals surface area contributed by atoms with E-state index in [4.69, 9.17) is 9.47 Å². The van der Waals surface area contributed by atoms with Crippen LogP contribution in [0, 0.1) is 17.0 Å². The highest BCUT2D eigenvalue weighted by Gasteiger charge is 2.13. The number of carbonyl (C=O) groups is 2. The van der Waals surface area contributed by atoms with Crippen molar-refractivity contribution in [3.8, 4) is 11.5 Å². The highest BCUT2D eigenvalue weighted by molar-refractivity contribution is 9.10. The van der Waals surface area contributed by atoms with E-state index in [2.05, 4.69) is 42.4 Å². The molecule has 0 spiro atoms. The molecular formula is C23H17Br2N3O6. The van der Waals surface area contributed by atoms with Crippen LogP contribution in [0.4, 0.5) is 5.69 Å². The molecule has 0 saturated carbocycles. The Morgan fingerprint density at radius 3 is 2.35 bits per heavy atom. The number of non-ortho nitro benzene ring substituents is 1. The maximum absolute atomic E-state index is 12.3. The molecule has 3 aromatic rings. The summed E-state index contributed by atoms with van der Waals surface area (Å²) in [7, 11) is 0. The van der Waals surface area contributed by atoms with E-state index in [9.17, 15) is 19.7 Å². The summed E-state index contributed by atoms with van der Waals surface area (Å²) in [5.41, 5.74) is 4.11. The van der Waals surface area contributed by atoms with Gasteiger partial charge in [0, 0.05) is 12.1 Å². The summed E-state index contributed by atoms with van der Waals surface area (Å²) in [5.74, 6) is -0.296. The van der Waals surface area contributed by atoms with Crippen LogP contribution >= 0.6 is 31.9 Å². The van der Waals surface area contributed by atoms with Crippen LogP contribution in [0.3, 0.4) is 0 Å². The number of hydrazone groups is 1. The van der Waals surface area contributed by atoms with E-state index in [-0.39, 0.29) is 23.6 Å². The molecule has 0 radical (unpaired) electrons. The van der Waals surface area contributed by atoms with Gasteiger partial charge in [0.2, 0.25) is 0 Å². The van der Waals surface area contributed by atoms with Crippen molar-refractivity contribution in [3.05, 3.63) is 96.4 Å². The molecule has 0 fully saturated rings. The van der Waals surface area contributed by atoms with Crippen LogP contribution in [0.5, 0.6) is 11.5 Å². The van der Waals surface area contributed by atoms with Gasteiger partial charge in [-0.25, -0.2) is 10.2 Å². The number of nitro groups is 1. The maximum atomic E-state index is 12.3. The smallest absolute Gasteiger partial charge is 0.343 e. The molecule has 3 aromatic carbocycles. The van der Waals surface area contributed by atoms with Crippen molar-refractivity contribution < 1.29 is 24.0 Å². The molecule has 0 aromatic heterocycles. The van der Waals surface area contributed by atoms with E-state index in [1.165, 1.54) is 30.5 Å². The number of nitro benzene ring substituents is 1. The Balaban J connectivity index is 1.53. The second-order valence-electron chi connectivity index (χ2n) is 6.90. The number of hydrogen-bond donors (Lipinski definition) is 1. The van der Waals surface area contributed by atoms with Crippen molar-refractivity contribution in [3.63, 3.8) is 0 Å². The first-order valence-corrected chi connectivity index (χ1v) is 11.3. The monoisotopic (exact) mass is 589 g/mol. The summed E-state index contributed by atoms with van der Waals surface area (Å²) >= 11 is 6.70.